The van der Waals surface area contributed by atoms with Crippen LogP contribution in [0.2, 0.25) is 0 Å². The number of hydrogen-bond acceptors (Lipinski definition) is 5. The molecule has 0 N–H and O–H groups in total. The van der Waals surface area contributed by atoms with Crippen molar-refractivity contribution in [1.82, 2.24) is 29.2 Å². The summed E-state index contributed by atoms with van der Waals surface area (Å²) in [4.78, 5) is 13.2. The normalized spacial score (nSPS) is 11.3. The standard InChI is InChI=1S/C26H25FN6O2/c1-2-3-14-35-25-11-7-5-9-21(25)23-15-24-26(34)31(12-13-33(24)29-23)17-20-18-32(30-28-20)16-19-8-4-6-10-22(19)27/h4-13,15,18H,2-3,14,16-17H2,1H3. The van der Waals surface area contributed by atoms with Crippen molar-refractivity contribution in [1.29, 1.82) is 0 Å². The van der Waals surface area contributed by atoms with Gasteiger partial charge in [-0.25, -0.2) is 13.6 Å². The van der Waals surface area contributed by atoms with Crippen LogP contribution in [0.3, 0.4) is 0 Å². The Kier molecular flexibility index (Phi) is 6.38. The zero-order valence-electron chi connectivity index (χ0n) is 19.3. The molecule has 5 aromatic rings. The van der Waals surface area contributed by atoms with Crippen molar-refractivity contribution in [2.24, 2.45) is 0 Å². The van der Waals surface area contributed by atoms with Crippen molar-refractivity contribution in [2.75, 3.05) is 6.61 Å². The number of fused-ring (bicyclic) bond motifs is 1. The van der Waals surface area contributed by atoms with Gasteiger partial charge in [0.25, 0.3) is 5.56 Å². The van der Waals surface area contributed by atoms with Gasteiger partial charge in [0.15, 0.2) is 0 Å². The maximum absolute atomic E-state index is 13.9. The maximum Gasteiger partial charge on any atom is 0.276 e. The topological polar surface area (TPSA) is 79.2 Å². The van der Waals surface area contributed by atoms with Crippen molar-refractivity contribution in [3.63, 3.8) is 0 Å². The third-order valence-electron chi connectivity index (χ3n) is 5.73. The Morgan fingerprint density at radius 2 is 1.86 bits per heavy atom. The summed E-state index contributed by atoms with van der Waals surface area (Å²) < 4.78 is 24.6. The first-order valence-electron chi connectivity index (χ1n) is 11.6. The molecule has 0 fully saturated rings. The van der Waals surface area contributed by atoms with Gasteiger partial charge in [0.2, 0.25) is 0 Å². The van der Waals surface area contributed by atoms with E-state index in [2.05, 4.69) is 22.3 Å². The zero-order chi connectivity index (χ0) is 24.2. The van der Waals surface area contributed by atoms with Gasteiger partial charge < -0.3 is 9.30 Å². The highest BCUT2D eigenvalue weighted by Crippen LogP contribution is 2.29. The predicted molar refractivity (Wildman–Crippen MR) is 130 cm³/mol. The molecule has 0 saturated heterocycles. The minimum absolute atomic E-state index is 0.195. The number of benzene rings is 2. The smallest absolute Gasteiger partial charge is 0.276 e. The van der Waals surface area contributed by atoms with Crippen LogP contribution in [0.15, 0.2) is 78.0 Å². The van der Waals surface area contributed by atoms with Crippen molar-refractivity contribution in [2.45, 2.75) is 32.9 Å². The molecule has 0 spiro atoms. The van der Waals surface area contributed by atoms with Crippen molar-refractivity contribution < 1.29 is 9.13 Å². The van der Waals surface area contributed by atoms with Crippen molar-refractivity contribution in [3.05, 3.63) is 101 Å². The van der Waals surface area contributed by atoms with E-state index < -0.39 is 0 Å². The fraction of sp³-hybridized carbons (Fsp3) is 0.231. The minimum atomic E-state index is -0.292. The first kappa shape index (κ1) is 22.5. The fourth-order valence-electron chi connectivity index (χ4n) is 3.88. The molecule has 2 aromatic carbocycles. The number of nitrogens with zero attached hydrogens (tertiary/aromatic N) is 6. The van der Waals surface area contributed by atoms with E-state index in [-0.39, 0.29) is 24.5 Å². The molecular weight excluding hydrogens is 447 g/mol. The average molecular weight is 473 g/mol. The van der Waals surface area contributed by atoms with Gasteiger partial charge in [-0.05, 0) is 30.7 Å². The van der Waals surface area contributed by atoms with Crippen LogP contribution in [-0.2, 0) is 13.1 Å². The van der Waals surface area contributed by atoms with Gasteiger partial charge in [0.1, 0.15) is 22.8 Å². The van der Waals surface area contributed by atoms with Crippen LogP contribution in [0.4, 0.5) is 4.39 Å². The van der Waals surface area contributed by atoms with Crippen LogP contribution >= 0.6 is 0 Å². The van der Waals surface area contributed by atoms with Crippen LogP contribution in [0.5, 0.6) is 5.75 Å². The van der Waals surface area contributed by atoms with E-state index in [4.69, 9.17) is 4.74 Å². The highest BCUT2D eigenvalue weighted by Gasteiger charge is 2.14. The summed E-state index contributed by atoms with van der Waals surface area (Å²) in [5.41, 5.74) is 2.89. The molecule has 3 aromatic heterocycles. The van der Waals surface area contributed by atoms with Crippen LogP contribution in [-0.4, -0.2) is 35.8 Å². The Bertz CT molecular complexity index is 1520. The third kappa shape index (κ3) is 4.84. The third-order valence-corrected chi connectivity index (χ3v) is 5.73. The summed E-state index contributed by atoms with van der Waals surface area (Å²) in [6.07, 6.45) is 7.15. The number of halogens is 1. The lowest BCUT2D eigenvalue weighted by Crippen LogP contribution is -2.21. The Morgan fingerprint density at radius 1 is 1.03 bits per heavy atom. The monoisotopic (exact) mass is 472 g/mol. The van der Waals surface area contributed by atoms with Gasteiger partial charge in [-0.1, -0.05) is 48.9 Å². The molecule has 178 valence electrons. The zero-order valence-corrected chi connectivity index (χ0v) is 19.3. The van der Waals surface area contributed by atoms with Gasteiger partial charge in [-0.2, -0.15) is 5.10 Å². The Morgan fingerprint density at radius 3 is 2.71 bits per heavy atom. The first-order chi connectivity index (χ1) is 17.1. The number of hydrogen-bond donors (Lipinski definition) is 0. The number of para-hydroxylation sites is 1. The molecule has 35 heavy (non-hydrogen) atoms. The van der Waals surface area contributed by atoms with E-state index in [0.717, 1.165) is 24.2 Å². The summed E-state index contributed by atoms with van der Waals surface area (Å²) in [7, 11) is 0. The average Bonchev–Trinajstić information content (AvgIpc) is 3.50. The molecule has 0 aliphatic carbocycles. The SMILES string of the molecule is CCCCOc1ccccc1-c1cc2c(=O)n(Cc3cn(Cc4ccccc4F)nn3)ccn2n1. The largest absolute Gasteiger partial charge is 0.493 e. The lowest BCUT2D eigenvalue weighted by Gasteiger charge is -2.09. The predicted octanol–water partition coefficient (Wildman–Crippen LogP) is 4.17. The lowest BCUT2D eigenvalue weighted by atomic mass is 10.1. The van der Waals surface area contributed by atoms with Gasteiger partial charge >= 0.3 is 0 Å². The van der Waals surface area contributed by atoms with E-state index in [9.17, 15) is 9.18 Å². The molecular formula is C26H25FN6O2. The molecule has 0 radical (unpaired) electrons. The molecule has 8 nitrogen and oxygen atoms in total. The molecule has 0 bridgehead atoms. The highest BCUT2D eigenvalue weighted by molar-refractivity contribution is 5.71. The summed E-state index contributed by atoms with van der Waals surface area (Å²) in [6.45, 7) is 3.25. The van der Waals surface area contributed by atoms with Crippen molar-refractivity contribution >= 4 is 5.52 Å². The van der Waals surface area contributed by atoms with Crippen LogP contribution in [0.1, 0.15) is 31.0 Å². The van der Waals surface area contributed by atoms with E-state index in [1.807, 2.05) is 24.3 Å². The van der Waals surface area contributed by atoms with Gasteiger partial charge in [0.05, 0.1) is 31.6 Å². The lowest BCUT2D eigenvalue weighted by molar-refractivity contribution is 0.310. The summed E-state index contributed by atoms with van der Waals surface area (Å²) in [5.74, 6) is 0.455. The quantitative estimate of drug-likeness (QED) is 0.301. The van der Waals surface area contributed by atoms with Crippen LogP contribution in [0.25, 0.3) is 16.8 Å². The molecule has 3 heterocycles. The first-order valence-corrected chi connectivity index (χ1v) is 11.6. The Labute approximate surface area is 201 Å². The van der Waals surface area contributed by atoms with E-state index in [0.29, 0.717) is 29.1 Å². The summed E-state index contributed by atoms with van der Waals surface area (Å²) in [5, 5.41) is 12.8. The second-order valence-corrected chi connectivity index (χ2v) is 8.29. The Hall–Kier alpha value is -4.27. The Balaban J connectivity index is 1.38. The van der Waals surface area contributed by atoms with E-state index in [1.54, 1.807) is 56.6 Å². The number of ether oxygens (including phenoxy) is 1. The number of aromatic nitrogens is 6. The van der Waals surface area contributed by atoms with Crippen LogP contribution < -0.4 is 10.3 Å². The van der Waals surface area contributed by atoms with Gasteiger partial charge in [0, 0.05) is 23.5 Å². The second kappa shape index (κ2) is 9.92. The molecule has 5 rings (SSSR count). The van der Waals surface area contributed by atoms with Gasteiger partial charge in [-0.15, -0.1) is 5.10 Å². The summed E-state index contributed by atoms with van der Waals surface area (Å²) >= 11 is 0. The second-order valence-electron chi connectivity index (χ2n) is 8.29. The van der Waals surface area contributed by atoms with Gasteiger partial charge in [-0.3, -0.25) is 4.79 Å². The molecule has 0 saturated carbocycles. The molecule has 0 amide bonds. The van der Waals surface area contributed by atoms with E-state index >= 15 is 0 Å². The number of rotatable bonds is 9. The van der Waals surface area contributed by atoms with E-state index in [1.165, 1.54) is 6.07 Å². The molecule has 0 aliphatic heterocycles. The molecule has 0 unspecified atom stereocenters. The maximum atomic E-state index is 13.9. The fourth-order valence-corrected chi connectivity index (χ4v) is 3.88. The van der Waals surface area contributed by atoms with Crippen molar-refractivity contribution in [3.8, 4) is 17.0 Å². The molecule has 9 heteroatoms. The molecule has 0 atom stereocenters. The summed E-state index contributed by atoms with van der Waals surface area (Å²) in [6, 6.07) is 16.0. The number of unbranched alkanes of at least 4 members (excludes halogenated alkanes) is 1. The minimum Gasteiger partial charge on any atom is -0.493 e. The molecule has 0 aliphatic rings. The highest BCUT2D eigenvalue weighted by atomic mass is 19.1. The van der Waals surface area contributed by atoms with Crippen LogP contribution in [0, 0.1) is 5.82 Å².